The minimum Gasteiger partial charge on any atom is -0.372 e. The van der Waals surface area contributed by atoms with Crippen LogP contribution in [0.3, 0.4) is 0 Å². The first-order valence-electron chi connectivity index (χ1n) is 3.76. The Morgan fingerprint density at radius 3 is 2.77 bits per heavy atom. The Balaban J connectivity index is 2.61. The van der Waals surface area contributed by atoms with Gasteiger partial charge in [0.05, 0.1) is 0 Å². The van der Waals surface area contributed by atoms with E-state index < -0.39 is 0 Å². The monoisotopic (exact) mass is 214 g/mol. The van der Waals surface area contributed by atoms with Crippen molar-refractivity contribution in [1.82, 2.24) is 0 Å². The van der Waals surface area contributed by atoms with Gasteiger partial charge >= 0.3 is 10.0 Å². The van der Waals surface area contributed by atoms with Crippen LogP contribution in [0.1, 0.15) is 11.1 Å². The third-order valence-electron chi connectivity index (χ3n) is 1.77. The zero-order chi connectivity index (χ0) is 9.68. The molecule has 1 aromatic carbocycles. The van der Waals surface area contributed by atoms with Crippen molar-refractivity contribution in [3.8, 4) is 5.75 Å². The fourth-order valence-electron chi connectivity index (χ4n) is 0.896. The van der Waals surface area contributed by atoms with Gasteiger partial charge < -0.3 is 9.10 Å². The molecular weight excluding hydrogens is 203 g/mol. The highest BCUT2D eigenvalue weighted by molar-refractivity contribution is 7.11. The van der Waals surface area contributed by atoms with Gasteiger partial charge in [-0.25, -0.2) is 4.58 Å². The molecule has 0 saturated heterocycles. The first kappa shape index (κ1) is 10.7. The minimum atomic E-state index is -0.126. The summed E-state index contributed by atoms with van der Waals surface area (Å²) in [6.45, 7) is 4.01. The molecule has 1 rings (SSSR count). The molecule has 0 aliphatic heterocycles. The predicted octanol–water partition coefficient (Wildman–Crippen LogP) is 1.95. The van der Waals surface area contributed by atoms with Crippen molar-refractivity contribution >= 4 is 19.5 Å². The summed E-state index contributed by atoms with van der Waals surface area (Å²) in [5.41, 5.74) is 2.26. The lowest BCUT2D eigenvalue weighted by molar-refractivity contribution is -0.109. The summed E-state index contributed by atoms with van der Waals surface area (Å²) in [7, 11) is 1.97. The lowest BCUT2D eigenvalue weighted by Gasteiger charge is -2.07. The van der Waals surface area contributed by atoms with Crippen molar-refractivity contribution in [3.05, 3.63) is 29.3 Å². The molecule has 3 nitrogen and oxygen atoms in total. The van der Waals surface area contributed by atoms with Crippen molar-refractivity contribution in [2.24, 2.45) is 0 Å². The average Bonchev–Trinajstić information content (AvgIpc) is 2.13. The van der Waals surface area contributed by atoms with Gasteiger partial charge in [-0.3, -0.25) is 0 Å². The van der Waals surface area contributed by atoms with E-state index in [0.717, 1.165) is 11.3 Å². The zero-order valence-corrected chi connectivity index (χ0v) is 9.69. The normalized spacial score (nSPS) is 10.1. The maximum absolute atomic E-state index is 5.03. The summed E-state index contributed by atoms with van der Waals surface area (Å²) >= 11 is 0. The molecule has 0 aromatic heterocycles. The van der Waals surface area contributed by atoms with Crippen molar-refractivity contribution in [3.63, 3.8) is 0 Å². The van der Waals surface area contributed by atoms with Gasteiger partial charge in [-0.1, -0.05) is 12.1 Å². The van der Waals surface area contributed by atoms with E-state index >= 15 is 0 Å². The first-order chi connectivity index (χ1) is 6.25. The molecule has 0 N–H and O–H groups in total. The van der Waals surface area contributed by atoms with E-state index in [9.17, 15) is 0 Å². The highest BCUT2D eigenvalue weighted by Gasteiger charge is 2.02. The lowest BCUT2D eigenvalue weighted by Crippen LogP contribution is -2.03. The second-order valence-electron chi connectivity index (χ2n) is 2.57. The summed E-state index contributed by atoms with van der Waals surface area (Å²) in [4.78, 5) is 5.03. The number of rotatable bonds is 4. The van der Waals surface area contributed by atoms with Gasteiger partial charge in [-0.2, -0.15) is 0 Å². The zero-order valence-electron chi connectivity index (χ0n) is 7.53. The molecule has 0 heterocycles. The van der Waals surface area contributed by atoms with Gasteiger partial charge in [-0.15, -0.1) is 0 Å². The topological polar surface area (TPSA) is 27.7 Å². The van der Waals surface area contributed by atoms with Crippen molar-refractivity contribution in [1.29, 1.82) is 0 Å². The number of aryl methyl sites for hydroxylation is 1. The molecule has 0 aliphatic rings. The van der Waals surface area contributed by atoms with Crippen LogP contribution in [0.5, 0.6) is 5.75 Å². The van der Waals surface area contributed by atoms with Crippen molar-refractivity contribution in [2.45, 2.75) is 13.8 Å². The lowest BCUT2D eigenvalue weighted by atomic mass is 10.1. The molecule has 0 spiro atoms. The summed E-state index contributed by atoms with van der Waals surface area (Å²) in [6.07, 6.45) is 0. The van der Waals surface area contributed by atoms with Crippen LogP contribution in [0.4, 0.5) is 0 Å². The second kappa shape index (κ2) is 5.35. The minimum absolute atomic E-state index is 0.126. The van der Waals surface area contributed by atoms with Crippen LogP contribution >= 0.6 is 9.47 Å². The Kier molecular flexibility index (Phi) is 4.39. The SMILES string of the molecule is Cc1cccc(OO[Si]OP)c1C. The van der Waals surface area contributed by atoms with E-state index in [1.165, 1.54) is 5.56 Å². The van der Waals surface area contributed by atoms with Crippen molar-refractivity contribution < 1.29 is 13.7 Å². The van der Waals surface area contributed by atoms with E-state index in [4.69, 9.17) is 9.46 Å². The standard InChI is InChI=1S/C8H11O3PSi/c1-6-4-3-5-8(7(6)2)9-10-13-11-12/h3-5H,12H2,1-2H3. The molecule has 1 atom stereocenters. The molecule has 1 aromatic rings. The molecule has 0 amide bonds. The Morgan fingerprint density at radius 2 is 2.08 bits per heavy atom. The summed E-state index contributed by atoms with van der Waals surface area (Å²) in [6, 6.07) is 5.80. The van der Waals surface area contributed by atoms with Gasteiger partial charge in [-0.05, 0) is 40.5 Å². The van der Waals surface area contributed by atoms with Crippen LogP contribution in [-0.2, 0) is 8.79 Å². The van der Waals surface area contributed by atoms with Crippen LogP contribution in [-0.4, -0.2) is 10.0 Å². The number of hydrogen-bond donors (Lipinski definition) is 0. The summed E-state index contributed by atoms with van der Waals surface area (Å²) in [5, 5.41) is 0. The molecule has 0 saturated carbocycles. The Morgan fingerprint density at radius 1 is 1.31 bits per heavy atom. The van der Waals surface area contributed by atoms with Crippen LogP contribution in [0.15, 0.2) is 18.2 Å². The average molecular weight is 214 g/mol. The van der Waals surface area contributed by atoms with Gasteiger partial charge in [0, 0.05) is 0 Å². The second-order valence-corrected chi connectivity index (χ2v) is 3.84. The Hall–Kier alpha value is -0.413. The molecular formula is C8H11O3PSi. The molecule has 2 radical (unpaired) electrons. The fraction of sp³-hybridized carbons (Fsp3) is 0.250. The quantitative estimate of drug-likeness (QED) is 0.252. The van der Waals surface area contributed by atoms with E-state index in [2.05, 4.69) is 13.7 Å². The highest BCUT2D eigenvalue weighted by atomic mass is 31.0. The molecule has 0 fully saturated rings. The maximum atomic E-state index is 5.03. The van der Waals surface area contributed by atoms with E-state index in [1.807, 2.05) is 32.0 Å². The number of benzene rings is 1. The van der Waals surface area contributed by atoms with Crippen molar-refractivity contribution in [2.75, 3.05) is 0 Å². The van der Waals surface area contributed by atoms with Crippen LogP contribution < -0.4 is 4.89 Å². The molecule has 1 unspecified atom stereocenters. The van der Waals surface area contributed by atoms with Gasteiger partial charge in [0.15, 0.2) is 5.75 Å². The number of hydrogen-bond acceptors (Lipinski definition) is 3. The molecule has 5 heteroatoms. The molecule has 70 valence electrons. The van der Waals surface area contributed by atoms with Gasteiger partial charge in [0.1, 0.15) is 0 Å². The summed E-state index contributed by atoms with van der Waals surface area (Å²) < 4.78 is 9.42. The largest absolute Gasteiger partial charge is 0.494 e. The molecule has 13 heavy (non-hydrogen) atoms. The third kappa shape index (κ3) is 3.08. The third-order valence-corrected chi connectivity index (χ3v) is 2.30. The maximum Gasteiger partial charge on any atom is 0.494 e. The fourth-order valence-corrected chi connectivity index (χ4v) is 1.18. The van der Waals surface area contributed by atoms with Crippen LogP contribution in [0.25, 0.3) is 0 Å². The Labute approximate surface area is 82.7 Å². The van der Waals surface area contributed by atoms with Gasteiger partial charge in [0.2, 0.25) is 0 Å². The van der Waals surface area contributed by atoms with E-state index in [0.29, 0.717) is 0 Å². The predicted molar refractivity (Wildman–Crippen MR) is 54.2 cm³/mol. The van der Waals surface area contributed by atoms with Crippen LogP contribution in [0, 0.1) is 13.8 Å². The van der Waals surface area contributed by atoms with Crippen LogP contribution in [0.2, 0.25) is 0 Å². The van der Waals surface area contributed by atoms with E-state index in [1.54, 1.807) is 0 Å². The highest BCUT2D eigenvalue weighted by Crippen LogP contribution is 2.20. The van der Waals surface area contributed by atoms with Gasteiger partial charge in [0.25, 0.3) is 0 Å². The molecule has 0 bridgehead atoms. The van der Waals surface area contributed by atoms with E-state index in [-0.39, 0.29) is 10.0 Å². The Bertz CT molecular complexity index is 280. The molecule has 0 aliphatic carbocycles. The smallest absolute Gasteiger partial charge is 0.372 e. The first-order valence-corrected chi connectivity index (χ1v) is 5.05. The summed E-state index contributed by atoms with van der Waals surface area (Å²) in [5.74, 6) is 0.731.